The molecule has 110 valence electrons. The lowest BCUT2D eigenvalue weighted by molar-refractivity contribution is -0.0650. The zero-order chi connectivity index (χ0) is 15.1. The summed E-state index contributed by atoms with van der Waals surface area (Å²) in [5.74, 6) is -0.560. The van der Waals surface area contributed by atoms with Crippen LogP contribution in [0.2, 0.25) is 5.02 Å². The van der Waals surface area contributed by atoms with E-state index in [1.165, 1.54) is 0 Å². The van der Waals surface area contributed by atoms with Gasteiger partial charge in [0.1, 0.15) is 5.82 Å². The van der Waals surface area contributed by atoms with Gasteiger partial charge < -0.3 is 15.1 Å². The number of carboxylic acids is 1. The first-order valence-electron chi connectivity index (χ1n) is 6.51. The van der Waals surface area contributed by atoms with Gasteiger partial charge >= 0.3 is 5.97 Å². The van der Waals surface area contributed by atoms with Gasteiger partial charge in [-0.3, -0.25) is 0 Å². The number of nitrogens with zero attached hydrogens (tertiary/aromatic N) is 2. The number of anilines is 1. The zero-order valence-electron chi connectivity index (χ0n) is 11.9. The van der Waals surface area contributed by atoms with Gasteiger partial charge in [-0.2, -0.15) is 0 Å². The van der Waals surface area contributed by atoms with E-state index in [2.05, 4.69) is 4.98 Å². The van der Waals surface area contributed by atoms with Gasteiger partial charge in [-0.25, -0.2) is 9.78 Å². The molecule has 1 aliphatic rings. The summed E-state index contributed by atoms with van der Waals surface area (Å²) in [4.78, 5) is 17.2. The Balaban J connectivity index is 2.30. The Bertz CT molecular complexity index is 543. The number of pyridine rings is 1. The topological polar surface area (TPSA) is 73.7 Å². The quantitative estimate of drug-likeness (QED) is 0.877. The molecule has 0 spiro atoms. The number of hydrogen-bond acceptors (Lipinski definition) is 4. The van der Waals surface area contributed by atoms with E-state index < -0.39 is 11.6 Å². The largest absolute Gasteiger partial charge is 0.476 e. The molecule has 0 aromatic carbocycles. The van der Waals surface area contributed by atoms with Gasteiger partial charge in [0.25, 0.3) is 0 Å². The lowest BCUT2D eigenvalue weighted by atomic mass is 9.71. The predicted octanol–water partition coefficient (Wildman–Crippen LogP) is 2.42. The molecule has 0 radical (unpaired) electrons. The van der Waals surface area contributed by atoms with E-state index in [1.54, 1.807) is 12.1 Å². The molecule has 1 fully saturated rings. The normalized spacial score (nSPS) is 25.6. The maximum Gasteiger partial charge on any atom is 0.356 e. The first-order chi connectivity index (χ1) is 9.14. The fourth-order valence-electron chi connectivity index (χ4n) is 2.37. The molecule has 0 amide bonds. The Labute approximate surface area is 123 Å². The number of carbonyl (C=O) groups is 1. The van der Waals surface area contributed by atoms with Gasteiger partial charge in [0.2, 0.25) is 0 Å². The summed E-state index contributed by atoms with van der Waals surface area (Å²) in [5.41, 5.74) is -1.19. The second-order valence-electron chi connectivity index (χ2n) is 6.13. The average molecular weight is 299 g/mol. The van der Waals surface area contributed by atoms with Gasteiger partial charge in [0.15, 0.2) is 5.69 Å². The molecule has 2 rings (SSSR count). The number of aromatic nitrogens is 1. The highest BCUT2D eigenvalue weighted by atomic mass is 35.5. The maximum absolute atomic E-state index is 11.1. The summed E-state index contributed by atoms with van der Waals surface area (Å²) >= 11 is 5.83. The van der Waals surface area contributed by atoms with E-state index in [4.69, 9.17) is 16.7 Å². The van der Waals surface area contributed by atoms with Crippen molar-refractivity contribution < 1.29 is 15.0 Å². The highest BCUT2D eigenvalue weighted by Crippen LogP contribution is 2.39. The van der Waals surface area contributed by atoms with Crippen molar-refractivity contribution in [2.24, 2.45) is 5.41 Å². The summed E-state index contributed by atoms with van der Waals surface area (Å²) in [7, 11) is 0. The molecule has 5 nitrogen and oxygen atoms in total. The number of carboxylic acid groups (broad SMARTS) is 1. The van der Waals surface area contributed by atoms with Crippen LogP contribution < -0.4 is 4.90 Å². The Kier molecular flexibility index (Phi) is 3.69. The maximum atomic E-state index is 11.1. The Morgan fingerprint density at radius 2 is 2.05 bits per heavy atom. The van der Waals surface area contributed by atoms with Crippen LogP contribution in [0.1, 0.15) is 37.7 Å². The molecule has 20 heavy (non-hydrogen) atoms. The highest BCUT2D eigenvalue weighted by molar-refractivity contribution is 6.33. The van der Waals surface area contributed by atoms with Crippen molar-refractivity contribution in [1.82, 2.24) is 4.98 Å². The summed E-state index contributed by atoms with van der Waals surface area (Å²) in [6, 6.07) is 3.26. The van der Waals surface area contributed by atoms with E-state index in [1.807, 2.05) is 25.7 Å². The first-order valence-corrected chi connectivity index (χ1v) is 6.89. The van der Waals surface area contributed by atoms with Crippen molar-refractivity contribution >= 4 is 23.4 Å². The van der Waals surface area contributed by atoms with Gasteiger partial charge in [-0.05, 0) is 25.5 Å². The standard InChI is InChI=1S/C14H19ClN2O3/c1-13(2)8-17(7-6-14(13,3)20)10-5-4-9(15)11(16-10)12(18)19/h4-5,20H,6-8H2,1-3H3,(H,18,19)/t14-/m0/s1. The molecule has 1 aliphatic heterocycles. The molecular formula is C14H19ClN2O3. The van der Waals surface area contributed by atoms with E-state index in [0.29, 0.717) is 25.3 Å². The van der Waals surface area contributed by atoms with Crippen molar-refractivity contribution in [2.75, 3.05) is 18.0 Å². The molecule has 1 atom stereocenters. The van der Waals surface area contributed by atoms with Gasteiger partial charge in [0, 0.05) is 18.5 Å². The minimum absolute atomic E-state index is 0.129. The number of hydrogen-bond donors (Lipinski definition) is 2. The third-order valence-corrected chi connectivity index (χ3v) is 4.58. The minimum atomic E-state index is -1.14. The molecule has 6 heteroatoms. The zero-order valence-corrected chi connectivity index (χ0v) is 12.6. The monoisotopic (exact) mass is 298 g/mol. The van der Waals surface area contributed by atoms with E-state index in [0.717, 1.165) is 0 Å². The molecule has 2 N–H and O–H groups in total. The number of rotatable bonds is 2. The van der Waals surface area contributed by atoms with Crippen LogP contribution in [0.3, 0.4) is 0 Å². The molecule has 0 unspecified atom stereocenters. The summed E-state index contributed by atoms with van der Waals surface area (Å²) < 4.78 is 0. The Morgan fingerprint density at radius 3 is 2.60 bits per heavy atom. The smallest absolute Gasteiger partial charge is 0.356 e. The molecule has 1 aromatic rings. The van der Waals surface area contributed by atoms with E-state index in [9.17, 15) is 9.90 Å². The van der Waals surface area contributed by atoms with Gasteiger partial charge in [-0.1, -0.05) is 25.4 Å². The van der Waals surface area contributed by atoms with Crippen LogP contribution in [-0.2, 0) is 0 Å². The van der Waals surface area contributed by atoms with Gasteiger partial charge in [-0.15, -0.1) is 0 Å². The van der Waals surface area contributed by atoms with Crippen LogP contribution in [-0.4, -0.2) is 39.9 Å². The van der Waals surface area contributed by atoms with Crippen molar-refractivity contribution in [1.29, 1.82) is 0 Å². The Morgan fingerprint density at radius 1 is 1.40 bits per heavy atom. The molecule has 0 bridgehead atoms. The van der Waals surface area contributed by atoms with E-state index >= 15 is 0 Å². The van der Waals surface area contributed by atoms with Gasteiger partial charge in [0.05, 0.1) is 10.6 Å². The molecule has 0 aliphatic carbocycles. The van der Waals surface area contributed by atoms with Crippen LogP contribution in [0.25, 0.3) is 0 Å². The number of piperidine rings is 1. The molecular weight excluding hydrogens is 280 g/mol. The number of halogens is 1. The molecule has 1 saturated heterocycles. The molecule has 0 saturated carbocycles. The van der Waals surface area contributed by atoms with Crippen LogP contribution in [0.15, 0.2) is 12.1 Å². The van der Waals surface area contributed by atoms with E-state index in [-0.39, 0.29) is 16.1 Å². The fourth-order valence-corrected chi connectivity index (χ4v) is 2.56. The van der Waals surface area contributed by atoms with Crippen LogP contribution >= 0.6 is 11.6 Å². The average Bonchev–Trinajstić information content (AvgIpc) is 2.33. The Hall–Kier alpha value is -1.33. The second kappa shape index (κ2) is 4.90. The summed E-state index contributed by atoms with van der Waals surface area (Å²) in [6.07, 6.45) is 0.604. The third-order valence-electron chi connectivity index (χ3n) is 4.27. The third kappa shape index (κ3) is 2.60. The lowest BCUT2D eigenvalue weighted by Gasteiger charge is -2.49. The van der Waals surface area contributed by atoms with Crippen LogP contribution in [0, 0.1) is 5.41 Å². The van der Waals surface area contributed by atoms with Crippen molar-refractivity contribution in [3.05, 3.63) is 22.8 Å². The fraction of sp³-hybridized carbons (Fsp3) is 0.571. The van der Waals surface area contributed by atoms with Crippen LogP contribution in [0.4, 0.5) is 5.82 Å². The number of aliphatic hydroxyl groups is 1. The van der Waals surface area contributed by atoms with Crippen LogP contribution in [0.5, 0.6) is 0 Å². The first kappa shape index (κ1) is 15.1. The van der Waals surface area contributed by atoms with Crippen molar-refractivity contribution in [3.8, 4) is 0 Å². The minimum Gasteiger partial charge on any atom is -0.476 e. The molecule has 2 heterocycles. The second-order valence-corrected chi connectivity index (χ2v) is 6.54. The SMILES string of the molecule is CC1(C)CN(c2ccc(Cl)c(C(=O)O)n2)CC[C@]1(C)O. The molecule has 1 aromatic heterocycles. The lowest BCUT2D eigenvalue weighted by Crippen LogP contribution is -2.56. The highest BCUT2D eigenvalue weighted by Gasteiger charge is 2.44. The number of aromatic carboxylic acids is 1. The summed E-state index contributed by atoms with van der Waals surface area (Å²) in [5, 5.41) is 19.6. The summed E-state index contributed by atoms with van der Waals surface area (Å²) in [6.45, 7) is 7.06. The van der Waals surface area contributed by atoms with Crippen molar-refractivity contribution in [2.45, 2.75) is 32.8 Å². The van der Waals surface area contributed by atoms with Crippen molar-refractivity contribution in [3.63, 3.8) is 0 Å². The predicted molar refractivity (Wildman–Crippen MR) is 77.4 cm³/mol.